The smallest absolute Gasteiger partial charge is 0.256 e. The van der Waals surface area contributed by atoms with Crippen molar-refractivity contribution in [1.82, 2.24) is 19.6 Å². The molecule has 19 heavy (non-hydrogen) atoms. The van der Waals surface area contributed by atoms with Crippen molar-refractivity contribution in [1.29, 1.82) is 0 Å². The second kappa shape index (κ2) is 4.47. The number of rotatable bonds is 2. The molecule has 3 rings (SSSR count). The summed E-state index contributed by atoms with van der Waals surface area (Å²) < 4.78 is 20.5. The van der Waals surface area contributed by atoms with E-state index in [0.717, 1.165) is 5.56 Å². The minimum absolute atomic E-state index is 0.0964. The molecule has 2 heterocycles. The fourth-order valence-corrected chi connectivity index (χ4v) is 1.80. The lowest BCUT2D eigenvalue weighted by molar-refractivity contribution is 0.414. The molecular formula is C12H8ClFN4O. The van der Waals surface area contributed by atoms with Gasteiger partial charge in [0.05, 0.1) is 0 Å². The molecule has 0 radical (unpaired) electrons. The lowest BCUT2D eigenvalue weighted by Gasteiger charge is -2.08. The average Bonchev–Trinajstić information content (AvgIpc) is 2.82. The predicted octanol–water partition coefficient (Wildman–Crippen LogP) is 3.02. The number of fused-ring (bicyclic) bond motifs is 1. The number of halogens is 2. The third-order valence-corrected chi connectivity index (χ3v) is 2.68. The van der Waals surface area contributed by atoms with Crippen molar-refractivity contribution in [2.24, 2.45) is 0 Å². The number of hydrogen-bond donors (Lipinski definition) is 0. The van der Waals surface area contributed by atoms with Gasteiger partial charge < -0.3 is 4.74 Å². The van der Waals surface area contributed by atoms with Gasteiger partial charge in [-0.05, 0) is 24.6 Å². The SMILES string of the molecule is Cc1ccc(F)c(Oc2cc(Cl)nc3ncnn23)c1. The van der Waals surface area contributed by atoms with Crippen LogP contribution in [0.1, 0.15) is 5.56 Å². The van der Waals surface area contributed by atoms with Crippen LogP contribution in [0.3, 0.4) is 0 Å². The lowest BCUT2D eigenvalue weighted by Crippen LogP contribution is -1.99. The monoisotopic (exact) mass is 278 g/mol. The van der Waals surface area contributed by atoms with E-state index >= 15 is 0 Å². The maximum Gasteiger partial charge on any atom is 0.256 e. The second-order valence-electron chi connectivity index (χ2n) is 3.92. The number of hydrogen-bond acceptors (Lipinski definition) is 4. The Morgan fingerprint density at radius 3 is 3.00 bits per heavy atom. The summed E-state index contributed by atoms with van der Waals surface area (Å²) in [6, 6.07) is 6.04. The molecular weight excluding hydrogens is 271 g/mol. The Kier molecular flexibility index (Phi) is 2.79. The molecule has 0 fully saturated rings. The van der Waals surface area contributed by atoms with Crippen LogP contribution in [0.25, 0.3) is 5.78 Å². The van der Waals surface area contributed by atoms with Crippen LogP contribution in [-0.2, 0) is 0 Å². The van der Waals surface area contributed by atoms with E-state index in [2.05, 4.69) is 15.1 Å². The molecule has 0 amide bonds. The summed E-state index contributed by atoms with van der Waals surface area (Å²) in [5, 5.41) is 4.14. The van der Waals surface area contributed by atoms with Gasteiger partial charge in [-0.25, -0.2) is 4.39 Å². The van der Waals surface area contributed by atoms with Gasteiger partial charge >= 0.3 is 0 Å². The highest BCUT2D eigenvalue weighted by Gasteiger charge is 2.11. The van der Waals surface area contributed by atoms with Gasteiger partial charge in [0.25, 0.3) is 5.78 Å². The third kappa shape index (κ3) is 2.22. The second-order valence-corrected chi connectivity index (χ2v) is 4.31. The molecule has 0 aliphatic carbocycles. The van der Waals surface area contributed by atoms with E-state index in [4.69, 9.17) is 16.3 Å². The van der Waals surface area contributed by atoms with E-state index in [1.54, 1.807) is 12.1 Å². The molecule has 2 aromatic heterocycles. The first-order valence-corrected chi connectivity index (χ1v) is 5.81. The maximum absolute atomic E-state index is 13.7. The Balaban J connectivity index is 2.10. The van der Waals surface area contributed by atoms with Gasteiger partial charge in [0.15, 0.2) is 11.6 Å². The van der Waals surface area contributed by atoms with Crippen LogP contribution in [0.2, 0.25) is 5.15 Å². The lowest BCUT2D eigenvalue weighted by atomic mass is 10.2. The molecule has 5 nitrogen and oxygen atoms in total. The maximum atomic E-state index is 13.7. The van der Waals surface area contributed by atoms with Crippen molar-refractivity contribution in [3.8, 4) is 11.6 Å². The predicted molar refractivity (Wildman–Crippen MR) is 67.0 cm³/mol. The van der Waals surface area contributed by atoms with E-state index in [1.807, 2.05) is 6.92 Å². The molecule has 0 N–H and O–H groups in total. The molecule has 0 saturated heterocycles. The van der Waals surface area contributed by atoms with Crippen molar-refractivity contribution in [3.63, 3.8) is 0 Å². The van der Waals surface area contributed by atoms with Crippen molar-refractivity contribution in [2.75, 3.05) is 0 Å². The van der Waals surface area contributed by atoms with Gasteiger partial charge in [-0.15, -0.1) is 0 Å². The van der Waals surface area contributed by atoms with E-state index in [1.165, 1.54) is 23.0 Å². The van der Waals surface area contributed by atoms with Gasteiger partial charge in [-0.3, -0.25) is 0 Å². The van der Waals surface area contributed by atoms with Crippen molar-refractivity contribution in [2.45, 2.75) is 6.92 Å². The molecule has 7 heteroatoms. The Labute approximate surface area is 112 Å². The van der Waals surface area contributed by atoms with Crippen LogP contribution in [0.5, 0.6) is 11.6 Å². The third-order valence-electron chi connectivity index (χ3n) is 2.49. The van der Waals surface area contributed by atoms with E-state index in [0.29, 0.717) is 0 Å². The summed E-state index contributed by atoms with van der Waals surface area (Å²) in [5.41, 5.74) is 0.881. The first-order valence-electron chi connectivity index (χ1n) is 5.44. The largest absolute Gasteiger partial charge is 0.436 e. The molecule has 96 valence electrons. The molecule has 0 saturated carbocycles. The fraction of sp³-hybridized carbons (Fsp3) is 0.0833. The Bertz CT molecular complexity index is 759. The normalized spacial score (nSPS) is 10.9. The number of aromatic nitrogens is 4. The summed E-state index contributed by atoms with van der Waals surface area (Å²) in [6.07, 6.45) is 1.32. The first-order chi connectivity index (χ1) is 9.13. The fourth-order valence-electron chi connectivity index (χ4n) is 1.63. The number of nitrogens with zero attached hydrogens (tertiary/aromatic N) is 4. The van der Waals surface area contributed by atoms with E-state index in [-0.39, 0.29) is 22.6 Å². The van der Waals surface area contributed by atoms with Crippen LogP contribution in [0, 0.1) is 12.7 Å². The van der Waals surface area contributed by atoms with Crippen LogP contribution >= 0.6 is 11.6 Å². The van der Waals surface area contributed by atoms with E-state index in [9.17, 15) is 4.39 Å². The first kappa shape index (κ1) is 11.9. The van der Waals surface area contributed by atoms with Gasteiger partial charge in [0.2, 0.25) is 5.88 Å². The van der Waals surface area contributed by atoms with Crippen molar-refractivity contribution in [3.05, 3.63) is 47.1 Å². The number of aryl methyl sites for hydroxylation is 1. The van der Waals surface area contributed by atoms with Gasteiger partial charge in [0, 0.05) is 6.07 Å². The molecule has 0 aliphatic rings. The highest BCUT2D eigenvalue weighted by atomic mass is 35.5. The molecule has 0 bridgehead atoms. The standard InChI is InChI=1S/C12H8ClFN4O/c1-7-2-3-8(14)9(4-7)19-11-5-10(13)17-12-15-6-16-18(11)12/h2-6H,1H3. The Morgan fingerprint density at radius 2 is 2.16 bits per heavy atom. The average molecular weight is 279 g/mol. The van der Waals surface area contributed by atoms with E-state index < -0.39 is 5.82 Å². The van der Waals surface area contributed by atoms with Crippen LogP contribution in [0.15, 0.2) is 30.6 Å². The van der Waals surface area contributed by atoms with Gasteiger partial charge in [0.1, 0.15) is 11.5 Å². The highest BCUT2D eigenvalue weighted by molar-refractivity contribution is 6.29. The highest BCUT2D eigenvalue weighted by Crippen LogP contribution is 2.26. The van der Waals surface area contributed by atoms with Crippen molar-refractivity contribution < 1.29 is 9.13 Å². The minimum Gasteiger partial charge on any atom is -0.436 e. The zero-order chi connectivity index (χ0) is 13.4. The summed E-state index contributed by atoms with van der Waals surface area (Å²) >= 11 is 5.85. The summed E-state index contributed by atoms with van der Waals surface area (Å²) in [4.78, 5) is 7.86. The molecule has 3 aromatic rings. The topological polar surface area (TPSA) is 52.3 Å². The van der Waals surface area contributed by atoms with Crippen LogP contribution < -0.4 is 4.74 Å². The zero-order valence-electron chi connectivity index (χ0n) is 9.84. The zero-order valence-corrected chi connectivity index (χ0v) is 10.6. The summed E-state index contributed by atoms with van der Waals surface area (Å²) in [6.45, 7) is 1.84. The minimum atomic E-state index is -0.466. The quantitative estimate of drug-likeness (QED) is 0.676. The number of benzene rings is 1. The molecule has 0 aliphatic heterocycles. The van der Waals surface area contributed by atoms with Gasteiger partial charge in [-0.1, -0.05) is 17.7 Å². The van der Waals surface area contributed by atoms with Crippen LogP contribution in [-0.4, -0.2) is 19.6 Å². The van der Waals surface area contributed by atoms with Crippen molar-refractivity contribution >= 4 is 17.4 Å². The molecule has 0 atom stereocenters. The summed E-state index contributed by atoms with van der Waals surface area (Å²) in [5.74, 6) is 0.165. The Hall–Kier alpha value is -2.21. The van der Waals surface area contributed by atoms with Gasteiger partial charge in [-0.2, -0.15) is 19.6 Å². The molecule has 0 spiro atoms. The Morgan fingerprint density at radius 1 is 1.32 bits per heavy atom. The summed E-state index contributed by atoms with van der Waals surface area (Å²) in [7, 11) is 0. The van der Waals surface area contributed by atoms with Crippen LogP contribution in [0.4, 0.5) is 4.39 Å². The molecule has 0 unspecified atom stereocenters. The molecule has 1 aromatic carbocycles. The number of ether oxygens (including phenoxy) is 1.